The van der Waals surface area contributed by atoms with E-state index in [4.69, 9.17) is 4.74 Å². The lowest BCUT2D eigenvalue weighted by atomic mass is 9.91. The zero-order chi connectivity index (χ0) is 21.4. The number of rotatable bonds is 3. The third-order valence-corrected chi connectivity index (χ3v) is 5.68. The maximum atomic E-state index is 13.7. The maximum Gasteiger partial charge on any atom is 0.268 e. The van der Waals surface area contributed by atoms with Gasteiger partial charge in [-0.05, 0) is 29.3 Å². The molecular weight excluding hydrogens is 390 g/mol. The number of para-hydroxylation sites is 1. The molecule has 2 aliphatic rings. The maximum absolute atomic E-state index is 13.7. The molecule has 3 aromatic rings. The van der Waals surface area contributed by atoms with Gasteiger partial charge in [0.05, 0.1) is 41.3 Å². The lowest BCUT2D eigenvalue weighted by Crippen LogP contribution is -2.38. The Hall–Kier alpha value is -3.95. The van der Waals surface area contributed by atoms with Crippen LogP contribution < -0.4 is 9.80 Å². The van der Waals surface area contributed by atoms with Gasteiger partial charge in [0.15, 0.2) is 0 Å². The molecule has 31 heavy (non-hydrogen) atoms. The molecule has 0 saturated carbocycles. The van der Waals surface area contributed by atoms with Gasteiger partial charge in [0.2, 0.25) is 0 Å². The number of nitrogens with zero attached hydrogens (tertiary/aromatic N) is 3. The lowest BCUT2D eigenvalue weighted by Gasteiger charge is -2.31. The molecule has 6 nitrogen and oxygen atoms in total. The number of imide groups is 1. The van der Waals surface area contributed by atoms with Crippen molar-refractivity contribution in [2.75, 3.05) is 36.1 Å². The summed E-state index contributed by atoms with van der Waals surface area (Å²) < 4.78 is 5.46. The van der Waals surface area contributed by atoms with Crippen molar-refractivity contribution in [3.05, 3.63) is 83.4 Å². The van der Waals surface area contributed by atoms with Crippen LogP contribution in [0.25, 0.3) is 11.1 Å². The third-order valence-electron chi connectivity index (χ3n) is 5.68. The van der Waals surface area contributed by atoms with Crippen molar-refractivity contribution < 1.29 is 14.3 Å². The highest BCUT2D eigenvalue weighted by Crippen LogP contribution is 2.42. The van der Waals surface area contributed by atoms with Gasteiger partial charge in [-0.25, -0.2) is 4.90 Å². The fourth-order valence-electron chi connectivity index (χ4n) is 4.28. The van der Waals surface area contributed by atoms with Gasteiger partial charge >= 0.3 is 0 Å². The number of amides is 2. The van der Waals surface area contributed by atoms with Crippen molar-refractivity contribution in [1.82, 2.24) is 0 Å². The van der Waals surface area contributed by atoms with Crippen molar-refractivity contribution in [2.45, 2.75) is 0 Å². The summed E-state index contributed by atoms with van der Waals surface area (Å²) in [5.41, 5.74) is 3.46. The highest BCUT2D eigenvalue weighted by Gasteiger charge is 2.43. The topological polar surface area (TPSA) is 73.6 Å². The first kappa shape index (κ1) is 19.0. The number of benzene rings is 3. The van der Waals surface area contributed by atoms with Crippen LogP contribution in [0.15, 0.2) is 66.7 Å². The summed E-state index contributed by atoms with van der Waals surface area (Å²) in [5.74, 6) is -0.772. The number of morpholine rings is 1. The molecule has 1 saturated heterocycles. The molecule has 2 heterocycles. The molecule has 0 unspecified atom stereocenters. The summed E-state index contributed by atoms with van der Waals surface area (Å²) in [6, 6.07) is 22.3. The van der Waals surface area contributed by atoms with Crippen LogP contribution in [-0.2, 0) is 4.74 Å². The first-order valence-corrected chi connectivity index (χ1v) is 10.1. The quantitative estimate of drug-likeness (QED) is 0.614. The number of hydrogen-bond acceptors (Lipinski definition) is 5. The first-order chi connectivity index (χ1) is 15.2. The van der Waals surface area contributed by atoms with Crippen molar-refractivity contribution in [3.8, 4) is 17.2 Å². The zero-order valence-electron chi connectivity index (χ0n) is 16.7. The molecule has 0 N–H and O–H groups in total. The van der Waals surface area contributed by atoms with Crippen molar-refractivity contribution in [1.29, 1.82) is 5.26 Å². The van der Waals surface area contributed by atoms with Gasteiger partial charge in [0, 0.05) is 13.1 Å². The highest BCUT2D eigenvalue weighted by atomic mass is 16.5. The Balaban J connectivity index is 1.79. The van der Waals surface area contributed by atoms with Gasteiger partial charge in [0.25, 0.3) is 11.8 Å². The highest BCUT2D eigenvalue weighted by molar-refractivity contribution is 6.38. The minimum atomic E-state index is -0.401. The summed E-state index contributed by atoms with van der Waals surface area (Å²) in [6.45, 7) is 2.12. The van der Waals surface area contributed by atoms with Crippen LogP contribution in [0.1, 0.15) is 26.3 Å². The van der Waals surface area contributed by atoms with E-state index in [1.54, 1.807) is 30.3 Å². The van der Waals surface area contributed by atoms with Crippen molar-refractivity contribution >= 4 is 23.2 Å². The minimum Gasteiger partial charge on any atom is -0.378 e. The van der Waals surface area contributed by atoms with E-state index in [1.807, 2.05) is 41.3 Å². The number of ether oxygens (including phenoxy) is 1. The molecule has 2 aliphatic heterocycles. The molecule has 0 bridgehead atoms. The number of hydrogen-bond donors (Lipinski definition) is 0. The number of fused-ring (bicyclic) bond motifs is 1. The number of anilines is 2. The summed E-state index contributed by atoms with van der Waals surface area (Å²) in [7, 11) is 0. The average Bonchev–Trinajstić information content (AvgIpc) is 3.10. The molecule has 0 spiro atoms. The predicted molar refractivity (Wildman–Crippen MR) is 117 cm³/mol. The van der Waals surface area contributed by atoms with E-state index < -0.39 is 5.91 Å². The van der Waals surface area contributed by atoms with Crippen molar-refractivity contribution in [3.63, 3.8) is 0 Å². The summed E-state index contributed by atoms with van der Waals surface area (Å²) in [5, 5.41) is 9.97. The molecule has 3 aromatic carbocycles. The smallest absolute Gasteiger partial charge is 0.268 e. The SMILES string of the molecule is N#Cc1cc(-c2ccccc2)c2c(c1N1CCOCC1)C(=O)N(c1ccccc1)C2=O. The van der Waals surface area contributed by atoms with Crippen LogP contribution in [0, 0.1) is 11.3 Å². The van der Waals surface area contributed by atoms with Gasteiger partial charge in [-0.2, -0.15) is 5.26 Å². The Morgan fingerprint density at radius 3 is 2.10 bits per heavy atom. The van der Waals surface area contributed by atoms with Gasteiger partial charge in [-0.3, -0.25) is 9.59 Å². The molecule has 5 rings (SSSR count). The zero-order valence-corrected chi connectivity index (χ0v) is 16.7. The van der Waals surface area contributed by atoms with E-state index in [0.29, 0.717) is 59.9 Å². The number of carbonyl (C=O) groups is 2. The minimum absolute atomic E-state index is 0.300. The van der Waals surface area contributed by atoms with Gasteiger partial charge in [-0.1, -0.05) is 48.5 Å². The fourth-order valence-corrected chi connectivity index (χ4v) is 4.28. The second-order valence-electron chi connectivity index (χ2n) is 7.43. The third kappa shape index (κ3) is 3.07. The van der Waals surface area contributed by atoms with Crippen LogP contribution in [-0.4, -0.2) is 38.1 Å². The Morgan fingerprint density at radius 2 is 1.45 bits per heavy atom. The molecule has 0 atom stereocenters. The molecule has 6 heteroatoms. The Kier molecular flexibility index (Phi) is 4.73. The summed E-state index contributed by atoms with van der Waals surface area (Å²) in [6.07, 6.45) is 0. The number of carbonyl (C=O) groups excluding carboxylic acids is 2. The number of nitriles is 1. The molecule has 0 aliphatic carbocycles. The van der Waals surface area contributed by atoms with Crippen LogP contribution >= 0.6 is 0 Å². The van der Waals surface area contributed by atoms with E-state index in [1.165, 1.54) is 4.90 Å². The fraction of sp³-hybridized carbons (Fsp3) is 0.160. The largest absolute Gasteiger partial charge is 0.378 e. The second kappa shape index (κ2) is 7.71. The van der Waals surface area contributed by atoms with Crippen LogP contribution in [0.4, 0.5) is 11.4 Å². The Morgan fingerprint density at radius 1 is 0.839 bits per heavy atom. The molecule has 2 amide bonds. The van der Waals surface area contributed by atoms with Crippen LogP contribution in [0.5, 0.6) is 0 Å². The van der Waals surface area contributed by atoms with E-state index in [9.17, 15) is 14.9 Å². The predicted octanol–water partition coefficient (Wildman–Crippen LogP) is 3.86. The molecule has 0 aromatic heterocycles. The molecule has 152 valence electrons. The van der Waals surface area contributed by atoms with Crippen LogP contribution in [0.2, 0.25) is 0 Å². The molecular formula is C25H19N3O3. The van der Waals surface area contributed by atoms with Crippen molar-refractivity contribution in [2.24, 2.45) is 0 Å². The summed E-state index contributed by atoms with van der Waals surface area (Å²) in [4.78, 5) is 30.5. The van der Waals surface area contributed by atoms with Gasteiger partial charge in [0.1, 0.15) is 6.07 Å². The monoisotopic (exact) mass is 409 g/mol. The second-order valence-corrected chi connectivity index (χ2v) is 7.43. The normalized spacial score (nSPS) is 15.7. The standard InChI is InChI=1S/C25H19N3O3/c26-16-18-15-20(17-7-3-1-4-8-17)21-22(23(18)27-11-13-31-14-12-27)25(30)28(24(21)29)19-9-5-2-6-10-19/h1-10,15H,11-14H2. The van der Waals surface area contributed by atoms with E-state index in [-0.39, 0.29) is 5.91 Å². The Labute approximate surface area is 179 Å². The summed E-state index contributed by atoms with van der Waals surface area (Å²) >= 11 is 0. The van der Waals surface area contributed by atoms with Gasteiger partial charge < -0.3 is 9.64 Å². The van der Waals surface area contributed by atoms with E-state index in [0.717, 1.165) is 5.56 Å². The first-order valence-electron chi connectivity index (χ1n) is 10.1. The Bertz CT molecular complexity index is 1210. The van der Waals surface area contributed by atoms with Gasteiger partial charge in [-0.15, -0.1) is 0 Å². The molecule has 1 fully saturated rings. The average molecular weight is 409 g/mol. The lowest BCUT2D eigenvalue weighted by molar-refractivity contribution is 0.0926. The van der Waals surface area contributed by atoms with Crippen LogP contribution in [0.3, 0.4) is 0 Å². The van der Waals surface area contributed by atoms with E-state index in [2.05, 4.69) is 6.07 Å². The van der Waals surface area contributed by atoms with E-state index >= 15 is 0 Å². The molecule has 0 radical (unpaired) electrons.